The number of nitrogens with zero attached hydrogens (tertiary/aromatic N) is 4. The van der Waals surface area contributed by atoms with E-state index in [0.29, 0.717) is 29.1 Å². The third kappa shape index (κ3) is 3.47. The van der Waals surface area contributed by atoms with Crippen molar-refractivity contribution >= 4 is 5.91 Å². The number of aromatic nitrogens is 2. The van der Waals surface area contributed by atoms with Crippen LogP contribution in [0, 0.1) is 24.1 Å². The molecule has 3 aromatic rings. The van der Waals surface area contributed by atoms with Gasteiger partial charge in [-0.15, -0.1) is 0 Å². The summed E-state index contributed by atoms with van der Waals surface area (Å²) >= 11 is 0. The highest BCUT2D eigenvalue weighted by Gasteiger charge is 2.19. The van der Waals surface area contributed by atoms with E-state index in [-0.39, 0.29) is 11.7 Å². The molecule has 0 N–H and O–H groups in total. The van der Waals surface area contributed by atoms with Gasteiger partial charge in [0.2, 0.25) is 0 Å². The van der Waals surface area contributed by atoms with Crippen LogP contribution in [0.5, 0.6) is 0 Å². The fraction of sp³-hybridized carbons (Fsp3) is 0.150. The Labute approximate surface area is 150 Å². The summed E-state index contributed by atoms with van der Waals surface area (Å²) < 4.78 is 14.7. The molecule has 3 rings (SSSR count). The molecule has 1 aromatic heterocycles. The topological polar surface area (TPSA) is 61.9 Å². The maximum atomic E-state index is 13.1. The molecule has 5 nitrogen and oxygen atoms in total. The molecule has 1 heterocycles. The summed E-state index contributed by atoms with van der Waals surface area (Å²) in [6, 6.07) is 15.1. The fourth-order valence-corrected chi connectivity index (χ4v) is 2.70. The van der Waals surface area contributed by atoms with Crippen molar-refractivity contribution in [2.45, 2.75) is 13.5 Å². The highest BCUT2D eigenvalue weighted by atomic mass is 19.1. The summed E-state index contributed by atoms with van der Waals surface area (Å²) in [5.41, 5.74) is 3.39. The first kappa shape index (κ1) is 17.4. The molecule has 0 saturated carbocycles. The number of hydrogen-bond acceptors (Lipinski definition) is 3. The van der Waals surface area contributed by atoms with Gasteiger partial charge in [-0.1, -0.05) is 12.1 Å². The Hall–Kier alpha value is -3.46. The summed E-state index contributed by atoms with van der Waals surface area (Å²) in [7, 11) is 1.72. The third-order valence-corrected chi connectivity index (χ3v) is 4.16. The van der Waals surface area contributed by atoms with E-state index in [2.05, 4.69) is 11.2 Å². The van der Waals surface area contributed by atoms with Crippen molar-refractivity contribution in [1.29, 1.82) is 5.26 Å². The Balaban J connectivity index is 1.79. The molecule has 0 aliphatic carbocycles. The van der Waals surface area contributed by atoms with Gasteiger partial charge in [0.1, 0.15) is 5.82 Å². The molecule has 0 aliphatic rings. The third-order valence-electron chi connectivity index (χ3n) is 4.16. The molecule has 0 saturated heterocycles. The summed E-state index contributed by atoms with van der Waals surface area (Å²) in [5.74, 6) is -0.475. The Morgan fingerprint density at radius 2 is 1.85 bits per heavy atom. The van der Waals surface area contributed by atoms with Gasteiger partial charge in [0.05, 0.1) is 34.8 Å². The molecule has 130 valence electrons. The van der Waals surface area contributed by atoms with E-state index in [4.69, 9.17) is 5.26 Å². The van der Waals surface area contributed by atoms with Crippen molar-refractivity contribution in [3.05, 3.63) is 82.9 Å². The van der Waals surface area contributed by atoms with Crippen molar-refractivity contribution in [1.82, 2.24) is 14.7 Å². The standard InChI is InChI=1S/C20H17FN4O/c1-14-19(12-23-25(14)18-9-7-17(21)8-10-18)20(26)24(2)13-16-5-3-15(11-22)4-6-16/h3-10,12H,13H2,1-2H3. The Morgan fingerprint density at radius 1 is 1.19 bits per heavy atom. The molecule has 26 heavy (non-hydrogen) atoms. The molecule has 0 bridgehead atoms. The molecule has 0 fully saturated rings. The van der Waals surface area contributed by atoms with Crippen LogP contribution in [0.1, 0.15) is 27.2 Å². The van der Waals surface area contributed by atoms with Gasteiger partial charge >= 0.3 is 0 Å². The summed E-state index contributed by atoms with van der Waals surface area (Å²) in [5, 5.41) is 13.1. The zero-order valence-electron chi connectivity index (χ0n) is 14.5. The number of benzene rings is 2. The first-order valence-corrected chi connectivity index (χ1v) is 8.04. The zero-order chi connectivity index (χ0) is 18.7. The number of carbonyl (C=O) groups is 1. The highest BCUT2D eigenvalue weighted by molar-refractivity contribution is 5.95. The molecule has 0 atom stereocenters. The lowest BCUT2D eigenvalue weighted by atomic mass is 10.1. The normalized spacial score (nSPS) is 10.4. The average Bonchev–Trinajstić information content (AvgIpc) is 3.03. The summed E-state index contributed by atoms with van der Waals surface area (Å²) in [4.78, 5) is 14.3. The Kier molecular flexibility index (Phi) is 4.81. The van der Waals surface area contributed by atoms with Gasteiger partial charge in [-0.2, -0.15) is 10.4 Å². The molecule has 6 heteroatoms. The van der Waals surface area contributed by atoms with Crippen LogP contribution in [-0.4, -0.2) is 27.6 Å². The van der Waals surface area contributed by atoms with Gasteiger partial charge in [-0.05, 0) is 48.9 Å². The van der Waals surface area contributed by atoms with Crippen LogP contribution in [0.4, 0.5) is 4.39 Å². The summed E-state index contributed by atoms with van der Waals surface area (Å²) in [6.07, 6.45) is 1.52. The predicted octanol–water partition coefficient (Wildman–Crippen LogP) is 3.46. The van der Waals surface area contributed by atoms with E-state index < -0.39 is 0 Å². The molecule has 1 amide bonds. The first-order chi connectivity index (χ1) is 12.5. The summed E-state index contributed by atoms with van der Waals surface area (Å²) in [6.45, 7) is 2.23. The van der Waals surface area contributed by atoms with Crippen molar-refractivity contribution < 1.29 is 9.18 Å². The molecular weight excluding hydrogens is 331 g/mol. The SMILES string of the molecule is Cc1c(C(=O)N(C)Cc2ccc(C#N)cc2)cnn1-c1ccc(F)cc1. The van der Waals surface area contributed by atoms with Crippen molar-refractivity contribution in [3.63, 3.8) is 0 Å². The fourth-order valence-electron chi connectivity index (χ4n) is 2.70. The van der Waals surface area contributed by atoms with E-state index in [1.807, 2.05) is 12.1 Å². The van der Waals surface area contributed by atoms with Gasteiger partial charge < -0.3 is 4.90 Å². The lowest BCUT2D eigenvalue weighted by Gasteiger charge is -2.17. The Morgan fingerprint density at radius 3 is 2.46 bits per heavy atom. The van der Waals surface area contributed by atoms with Crippen LogP contribution < -0.4 is 0 Å². The average molecular weight is 348 g/mol. The van der Waals surface area contributed by atoms with Crippen LogP contribution in [0.25, 0.3) is 5.69 Å². The maximum absolute atomic E-state index is 13.1. The molecule has 0 aliphatic heterocycles. The quantitative estimate of drug-likeness (QED) is 0.725. The predicted molar refractivity (Wildman–Crippen MR) is 95.2 cm³/mol. The lowest BCUT2D eigenvalue weighted by molar-refractivity contribution is 0.0784. The monoisotopic (exact) mass is 348 g/mol. The van der Waals surface area contributed by atoms with Gasteiger partial charge in [-0.25, -0.2) is 9.07 Å². The number of amides is 1. The maximum Gasteiger partial charge on any atom is 0.257 e. The zero-order valence-corrected chi connectivity index (χ0v) is 14.5. The van der Waals surface area contributed by atoms with Crippen molar-refractivity contribution in [2.75, 3.05) is 7.05 Å². The number of halogens is 1. The minimum atomic E-state index is -0.322. The van der Waals surface area contributed by atoms with Gasteiger partial charge in [0, 0.05) is 13.6 Å². The second kappa shape index (κ2) is 7.19. The first-order valence-electron chi connectivity index (χ1n) is 8.04. The van der Waals surface area contributed by atoms with E-state index in [9.17, 15) is 9.18 Å². The van der Waals surface area contributed by atoms with Gasteiger partial charge in [0.15, 0.2) is 0 Å². The smallest absolute Gasteiger partial charge is 0.257 e. The second-order valence-corrected chi connectivity index (χ2v) is 6.00. The highest BCUT2D eigenvalue weighted by Crippen LogP contribution is 2.17. The minimum Gasteiger partial charge on any atom is -0.337 e. The molecule has 2 aromatic carbocycles. The Bertz CT molecular complexity index is 969. The molecule has 0 spiro atoms. The van der Waals surface area contributed by atoms with Crippen LogP contribution in [-0.2, 0) is 6.54 Å². The number of rotatable bonds is 4. The molecule has 0 unspecified atom stereocenters. The van der Waals surface area contributed by atoms with E-state index in [1.165, 1.54) is 18.3 Å². The van der Waals surface area contributed by atoms with Crippen LogP contribution in [0.2, 0.25) is 0 Å². The number of hydrogen-bond donors (Lipinski definition) is 0. The minimum absolute atomic E-state index is 0.153. The van der Waals surface area contributed by atoms with Crippen molar-refractivity contribution in [2.24, 2.45) is 0 Å². The van der Waals surface area contributed by atoms with E-state index in [0.717, 1.165) is 5.56 Å². The second-order valence-electron chi connectivity index (χ2n) is 6.00. The van der Waals surface area contributed by atoms with Crippen LogP contribution >= 0.6 is 0 Å². The van der Waals surface area contributed by atoms with E-state index in [1.54, 1.807) is 47.8 Å². The van der Waals surface area contributed by atoms with Crippen molar-refractivity contribution in [3.8, 4) is 11.8 Å². The molecular formula is C20H17FN4O. The van der Waals surface area contributed by atoms with Crippen LogP contribution in [0.3, 0.4) is 0 Å². The number of nitriles is 1. The van der Waals surface area contributed by atoms with Crippen LogP contribution in [0.15, 0.2) is 54.7 Å². The number of carbonyl (C=O) groups excluding carboxylic acids is 1. The van der Waals surface area contributed by atoms with E-state index >= 15 is 0 Å². The lowest BCUT2D eigenvalue weighted by Crippen LogP contribution is -2.26. The van der Waals surface area contributed by atoms with Gasteiger partial charge in [0.25, 0.3) is 5.91 Å². The van der Waals surface area contributed by atoms with Gasteiger partial charge in [-0.3, -0.25) is 4.79 Å². The largest absolute Gasteiger partial charge is 0.337 e. The molecule has 0 radical (unpaired) electrons.